The molecule has 0 aliphatic rings. The molecule has 4 rings (SSSR count). The summed E-state index contributed by atoms with van der Waals surface area (Å²) in [6.45, 7) is 2.07. The minimum Gasteiger partial charge on any atom is -0.478 e. The molecular formula is C18H14Cl2N4O4. The molecule has 0 radical (unpaired) electrons. The van der Waals surface area contributed by atoms with Gasteiger partial charge in [0, 0.05) is 12.4 Å². The van der Waals surface area contributed by atoms with Crippen molar-refractivity contribution in [2.24, 2.45) is 0 Å². The highest BCUT2D eigenvalue weighted by atomic mass is 35.5. The highest BCUT2D eigenvalue weighted by Gasteiger charge is 2.15. The van der Waals surface area contributed by atoms with Crippen LogP contribution in [-0.4, -0.2) is 42.9 Å². The fourth-order valence-corrected chi connectivity index (χ4v) is 2.98. The predicted octanol–water partition coefficient (Wildman–Crippen LogP) is 3.85. The molecule has 0 aliphatic heterocycles. The fourth-order valence-electron chi connectivity index (χ4n) is 2.42. The van der Waals surface area contributed by atoms with Gasteiger partial charge in [0.05, 0.1) is 40.1 Å². The highest BCUT2D eigenvalue weighted by Crippen LogP contribution is 2.22. The zero-order valence-electron chi connectivity index (χ0n) is 14.5. The van der Waals surface area contributed by atoms with Gasteiger partial charge in [0.25, 0.3) is 0 Å². The molecule has 0 atom stereocenters. The van der Waals surface area contributed by atoms with Gasteiger partial charge in [-0.25, -0.2) is 18.6 Å². The molecule has 4 aromatic heterocycles. The van der Waals surface area contributed by atoms with Crippen molar-refractivity contribution in [1.29, 1.82) is 0 Å². The van der Waals surface area contributed by atoms with Gasteiger partial charge in [-0.05, 0) is 31.2 Å². The summed E-state index contributed by atoms with van der Waals surface area (Å²) in [7, 11) is 0. The van der Waals surface area contributed by atoms with Crippen molar-refractivity contribution in [3.8, 4) is 0 Å². The Bertz CT molecular complexity index is 1170. The lowest BCUT2D eigenvalue weighted by atomic mass is 10.3. The first-order valence-electron chi connectivity index (χ1n) is 8.08. The molecular weight excluding hydrogens is 407 g/mol. The number of carboxylic acid groups (broad SMARTS) is 1. The summed E-state index contributed by atoms with van der Waals surface area (Å²) in [5, 5.41) is 17.2. The minimum atomic E-state index is -1.07. The number of hydrogen-bond acceptors (Lipinski definition) is 5. The van der Waals surface area contributed by atoms with Gasteiger partial charge >= 0.3 is 11.9 Å². The minimum absolute atomic E-state index is 0.0212. The molecule has 0 aliphatic carbocycles. The van der Waals surface area contributed by atoms with Crippen LogP contribution in [0.1, 0.15) is 27.6 Å². The van der Waals surface area contributed by atoms with E-state index in [-0.39, 0.29) is 10.6 Å². The van der Waals surface area contributed by atoms with E-state index in [0.29, 0.717) is 28.2 Å². The maximum Gasteiger partial charge on any atom is 0.341 e. The number of nitrogens with zero attached hydrogens (tertiary/aromatic N) is 4. The summed E-state index contributed by atoms with van der Waals surface area (Å²) in [4.78, 5) is 22.1. The third-order valence-corrected chi connectivity index (χ3v) is 4.52. The van der Waals surface area contributed by atoms with Gasteiger partial charge in [-0.3, -0.25) is 0 Å². The Labute approximate surface area is 168 Å². The lowest BCUT2D eigenvalue weighted by Gasteiger charge is -2.04. The Kier molecular flexibility index (Phi) is 5.81. The van der Waals surface area contributed by atoms with Crippen molar-refractivity contribution in [2.45, 2.75) is 6.92 Å². The van der Waals surface area contributed by atoms with E-state index in [0.717, 1.165) is 0 Å². The molecule has 0 spiro atoms. The molecule has 0 amide bonds. The number of aromatic nitrogens is 4. The number of esters is 1. The number of carbonyl (C=O) groups excluding carboxylic acids is 1. The maximum atomic E-state index is 11.5. The number of carbonyl (C=O) groups is 2. The zero-order valence-corrected chi connectivity index (χ0v) is 16.1. The highest BCUT2D eigenvalue weighted by molar-refractivity contribution is 6.37. The van der Waals surface area contributed by atoms with Gasteiger partial charge < -0.3 is 9.84 Å². The quantitative estimate of drug-likeness (QED) is 0.505. The molecule has 144 valence electrons. The smallest absolute Gasteiger partial charge is 0.341 e. The van der Waals surface area contributed by atoms with Crippen molar-refractivity contribution < 1.29 is 19.4 Å². The van der Waals surface area contributed by atoms with Crippen molar-refractivity contribution in [3.05, 3.63) is 70.2 Å². The van der Waals surface area contributed by atoms with E-state index in [2.05, 4.69) is 10.2 Å². The molecule has 0 aromatic carbocycles. The van der Waals surface area contributed by atoms with Gasteiger partial charge in [-0.1, -0.05) is 23.2 Å². The van der Waals surface area contributed by atoms with Crippen LogP contribution in [0.2, 0.25) is 10.0 Å². The number of carboxylic acids is 1. The van der Waals surface area contributed by atoms with E-state index in [1.54, 1.807) is 42.0 Å². The average molecular weight is 421 g/mol. The first-order valence-corrected chi connectivity index (χ1v) is 8.83. The van der Waals surface area contributed by atoms with Crippen LogP contribution in [0.3, 0.4) is 0 Å². The summed E-state index contributed by atoms with van der Waals surface area (Å²) in [5.41, 5.74) is 1.61. The second-order valence-corrected chi connectivity index (χ2v) is 6.20. The van der Waals surface area contributed by atoms with E-state index in [4.69, 9.17) is 33.0 Å². The Morgan fingerprint density at radius 1 is 1.00 bits per heavy atom. The molecule has 0 bridgehead atoms. The average Bonchev–Trinajstić information content (AvgIpc) is 3.32. The maximum absolute atomic E-state index is 11.5. The number of rotatable bonds is 3. The topological polar surface area (TPSA) is 98.2 Å². The second kappa shape index (κ2) is 8.28. The molecule has 8 nitrogen and oxygen atoms in total. The van der Waals surface area contributed by atoms with E-state index < -0.39 is 11.9 Å². The molecule has 0 unspecified atom stereocenters. The molecule has 4 aromatic rings. The Balaban J connectivity index is 0.000000162. The third kappa shape index (κ3) is 3.78. The lowest BCUT2D eigenvalue weighted by molar-refractivity contribution is 0.0525. The van der Waals surface area contributed by atoms with Crippen LogP contribution in [0.4, 0.5) is 0 Å². The fraction of sp³-hybridized carbons (Fsp3) is 0.111. The Hall–Kier alpha value is -3.10. The predicted molar refractivity (Wildman–Crippen MR) is 103 cm³/mol. The Morgan fingerprint density at radius 3 is 2.00 bits per heavy atom. The normalized spacial score (nSPS) is 10.5. The van der Waals surface area contributed by atoms with Gasteiger partial charge in [0.15, 0.2) is 0 Å². The monoisotopic (exact) mass is 420 g/mol. The summed E-state index contributed by atoms with van der Waals surface area (Å²) in [5.74, 6) is -1.51. The Morgan fingerprint density at radius 2 is 1.50 bits per heavy atom. The van der Waals surface area contributed by atoms with E-state index in [1.807, 2.05) is 6.07 Å². The van der Waals surface area contributed by atoms with Crippen LogP contribution < -0.4 is 0 Å². The number of ether oxygens (including phenoxy) is 1. The van der Waals surface area contributed by atoms with Crippen LogP contribution in [0.25, 0.3) is 11.0 Å². The number of halogens is 2. The van der Waals surface area contributed by atoms with Crippen molar-refractivity contribution in [3.63, 3.8) is 0 Å². The molecule has 4 heterocycles. The molecule has 1 N–H and O–H groups in total. The number of hydrogen-bond donors (Lipinski definition) is 1. The zero-order chi connectivity index (χ0) is 20.3. The molecule has 0 saturated heterocycles. The van der Waals surface area contributed by atoms with Crippen LogP contribution in [0, 0.1) is 0 Å². The van der Waals surface area contributed by atoms with Gasteiger partial charge in [0.2, 0.25) is 0 Å². The molecule has 0 saturated carbocycles. The lowest BCUT2D eigenvalue weighted by Crippen LogP contribution is -2.07. The van der Waals surface area contributed by atoms with Crippen molar-refractivity contribution in [2.75, 3.05) is 6.61 Å². The first kappa shape index (κ1) is 19.7. The van der Waals surface area contributed by atoms with E-state index in [1.165, 1.54) is 16.9 Å². The summed E-state index contributed by atoms with van der Waals surface area (Å²) in [6, 6.07) is 7.06. The van der Waals surface area contributed by atoms with Crippen molar-refractivity contribution >= 4 is 46.2 Å². The van der Waals surface area contributed by atoms with Crippen LogP contribution >= 0.6 is 23.2 Å². The summed E-state index contributed by atoms with van der Waals surface area (Å²) in [6.07, 6.45) is 6.11. The second-order valence-electron chi connectivity index (χ2n) is 5.45. The molecule has 0 fully saturated rings. The third-order valence-electron chi connectivity index (χ3n) is 3.73. The number of aromatic carboxylic acids is 1. The molecule has 28 heavy (non-hydrogen) atoms. The summed E-state index contributed by atoms with van der Waals surface area (Å²) < 4.78 is 7.99. The molecule has 10 heteroatoms. The SMILES string of the molecule is CCOC(=O)c1cnn2cccc2c1Cl.O=C(O)c1cnn2cccc2c1Cl. The van der Waals surface area contributed by atoms with E-state index in [9.17, 15) is 9.59 Å². The largest absolute Gasteiger partial charge is 0.478 e. The van der Waals surface area contributed by atoms with Crippen LogP contribution in [0.5, 0.6) is 0 Å². The van der Waals surface area contributed by atoms with Crippen LogP contribution in [0.15, 0.2) is 49.1 Å². The van der Waals surface area contributed by atoms with Gasteiger partial charge in [-0.2, -0.15) is 10.2 Å². The summed E-state index contributed by atoms with van der Waals surface area (Å²) >= 11 is 11.9. The first-order chi connectivity index (χ1) is 13.4. The number of fused-ring (bicyclic) bond motifs is 2. The van der Waals surface area contributed by atoms with E-state index >= 15 is 0 Å². The standard InChI is InChI=1S/C10H9ClN2O2.C8H5ClN2O2/c1-2-15-10(14)7-6-12-13-5-3-4-8(13)9(7)11;9-7-5(8(12)13)4-10-11-3-1-2-6(7)11/h3-6H,2H2,1H3;1-4H,(H,12,13). The van der Waals surface area contributed by atoms with Crippen molar-refractivity contribution in [1.82, 2.24) is 19.2 Å². The van der Waals surface area contributed by atoms with Gasteiger partial charge in [-0.15, -0.1) is 0 Å². The van der Waals surface area contributed by atoms with Gasteiger partial charge in [0.1, 0.15) is 11.1 Å². The van der Waals surface area contributed by atoms with Crippen LogP contribution in [-0.2, 0) is 4.74 Å².